The van der Waals surface area contributed by atoms with Gasteiger partial charge in [-0.15, -0.1) is 0 Å². The lowest BCUT2D eigenvalue weighted by Crippen LogP contribution is -2.25. The van der Waals surface area contributed by atoms with Gasteiger partial charge in [-0.05, 0) is 55.5 Å². The number of rotatable bonds is 9. The lowest BCUT2D eigenvalue weighted by Gasteiger charge is -2.21. The molecule has 0 aliphatic heterocycles. The van der Waals surface area contributed by atoms with E-state index in [1.807, 2.05) is 0 Å². The molecule has 0 heterocycles. The SMILES string of the molecule is CC#N.CCCN(CCCc1ccc(C2CC2F)cc1)Cc1ccccc1. The third kappa shape index (κ3) is 7.53. The fourth-order valence-corrected chi connectivity index (χ4v) is 3.37. The number of nitrogens with zero attached hydrogens (tertiary/aromatic N) is 2. The summed E-state index contributed by atoms with van der Waals surface area (Å²) in [6.45, 7) is 6.98. The number of halogens is 1. The van der Waals surface area contributed by atoms with Gasteiger partial charge in [0.05, 0.1) is 6.07 Å². The molecule has 3 heteroatoms. The number of nitriles is 1. The lowest BCUT2D eigenvalue weighted by atomic mass is 10.0. The largest absolute Gasteiger partial charge is 0.299 e. The second kappa shape index (κ2) is 11.5. The van der Waals surface area contributed by atoms with Crippen LogP contribution in [0.15, 0.2) is 54.6 Å². The molecule has 1 saturated carbocycles. The minimum Gasteiger partial charge on any atom is -0.299 e. The highest BCUT2D eigenvalue weighted by molar-refractivity contribution is 5.30. The molecule has 2 aromatic rings. The normalized spacial score (nSPS) is 17.7. The Balaban J connectivity index is 0.000000817. The standard InChI is InChI=1S/C22H28FN.C2H3N/c1-2-14-24(17-19-7-4-3-5-8-19)15-6-9-18-10-12-20(13-11-18)21-16-22(21)23;1-2-3/h3-5,7-8,10-13,21-22H,2,6,9,14-17H2,1H3;1H3. The van der Waals surface area contributed by atoms with Crippen LogP contribution in [-0.2, 0) is 13.0 Å². The van der Waals surface area contributed by atoms with Gasteiger partial charge in [0.15, 0.2) is 0 Å². The van der Waals surface area contributed by atoms with Crippen molar-refractivity contribution in [1.82, 2.24) is 4.90 Å². The van der Waals surface area contributed by atoms with E-state index >= 15 is 0 Å². The van der Waals surface area contributed by atoms with E-state index < -0.39 is 6.17 Å². The number of hydrogen-bond acceptors (Lipinski definition) is 2. The van der Waals surface area contributed by atoms with Crippen LogP contribution in [0.5, 0.6) is 0 Å². The van der Waals surface area contributed by atoms with Crippen molar-refractivity contribution in [3.63, 3.8) is 0 Å². The second-order valence-corrected chi connectivity index (χ2v) is 7.19. The monoisotopic (exact) mass is 366 g/mol. The fourth-order valence-electron chi connectivity index (χ4n) is 3.37. The second-order valence-electron chi connectivity index (χ2n) is 7.19. The van der Waals surface area contributed by atoms with Gasteiger partial charge < -0.3 is 0 Å². The van der Waals surface area contributed by atoms with Gasteiger partial charge in [0.2, 0.25) is 0 Å². The molecule has 0 N–H and O–H groups in total. The van der Waals surface area contributed by atoms with Crippen LogP contribution in [-0.4, -0.2) is 24.2 Å². The molecule has 144 valence electrons. The first-order valence-corrected chi connectivity index (χ1v) is 9.98. The van der Waals surface area contributed by atoms with Crippen LogP contribution < -0.4 is 0 Å². The zero-order chi connectivity index (χ0) is 19.5. The average Bonchev–Trinajstić information content (AvgIpc) is 3.41. The first-order valence-electron chi connectivity index (χ1n) is 9.98. The van der Waals surface area contributed by atoms with Crippen molar-refractivity contribution in [2.45, 2.75) is 58.2 Å². The van der Waals surface area contributed by atoms with Gasteiger partial charge in [0.25, 0.3) is 0 Å². The summed E-state index contributed by atoms with van der Waals surface area (Å²) in [6.07, 6.45) is 3.56. The highest BCUT2D eigenvalue weighted by Crippen LogP contribution is 2.43. The summed E-state index contributed by atoms with van der Waals surface area (Å²) in [4.78, 5) is 2.54. The van der Waals surface area contributed by atoms with Gasteiger partial charge in [0, 0.05) is 19.4 Å². The van der Waals surface area contributed by atoms with E-state index in [4.69, 9.17) is 5.26 Å². The van der Waals surface area contributed by atoms with Crippen LogP contribution in [0.4, 0.5) is 4.39 Å². The first kappa shape index (κ1) is 21.1. The molecule has 2 unspecified atom stereocenters. The molecule has 2 nitrogen and oxygen atoms in total. The van der Waals surface area contributed by atoms with Gasteiger partial charge in [-0.3, -0.25) is 4.90 Å². The van der Waals surface area contributed by atoms with Crippen molar-refractivity contribution in [3.05, 3.63) is 71.3 Å². The van der Waals surface area contributed by atoms with Crippen molar-refractivity contribution in [2.24, 2.45) is 0 Å². The minimum atomic E-state index is -0.601. The van der Waals surface area contributed by atoms with E-state index in [-0.39, 0.29) is 5.92 Å². The number of benzene rings is 2. The maximum atomic E-state index is 13.1. The molecule has 0 radical (unpaired) electrons. The summed E-state index contributed by atoms with van der Waals surface area (Å²) in [5.74, 6) is 0.171. The number of aryl methyl sites for hydroxylation is 1. The van der Waals surface area contributed by atoms with Gasteiger partial charge >= 0.3 is 0 Å². The molecule has 0 bridgehead atoms. The van der Waals surface area contributed by atoms with Gasteiger partial charge in [0.1, 0.15) is 6.17 Å². The van der Waals surface area contributed by atoms with Crippen LogP contribution in [0.1, 0.15) is 55.7 Å². The molecule has 1 fully saturated rings. The van der Waals surface area contributed by atoms with Crippen LogP contribution in [0.3, 0.4) is 0 Å². The highest BCUT2D eigenvalue weighted by atomic mass is 19.1. The molecule has 0 amide bonds. The Morgan fingerprint density at radius 1 is 1.04 bits per heavy atom. The first-order chi connectivity index (χ1) is 13.2. The highest BCUT2D eigenvalue weighted by Gasteiger charge is 2.38. The molecule has 0 saturated heterocycles. The van der Waals surface area contributed by atoms with Crippen molar-refractivity contribution >= 4 is 0 Å². The fraction of sp³-hybridized carbons (Fsp3) is 0.458. The summed E-state index contributed by atoms with van der Waals surface area (Å²) >= 11 is 0. The molecule has 0 spiro atoms. The molecule has 27 heavy (non-hydrogen) atoms. The van der Waals surface area contributed by atoms with E-state index in [0.29, 0.717) is 6.42 Å². The van der Waals surface area contributed by atoms with Crippen molar-refractivity contribution in [3.8, 4) is 6.07 Å². The number of alkyl halides is 1. The Kier molecular flexibility index (Phi) is 9.01. The van der Waals surface area contributed by atoms with Gasteiger partial charge in [-0.25, -0.2) is 4.39 Å². The molecule has 0 aromatic heterocycles. The van der Waals surface area contributed by atoms with Crippen LogP contribution in [0, 0.1) is 11.3 Å². The topological polar surface area (TPSA) is 27.0 Å². The van der Waals surface area contributed by atoms with E-state index in [2.05, 4.69) is 66.4 Å². The quantitative estimate of drug-likeness (QED) is 0.553. The molecule has 2 atom stereocenters. The van der Waals surface area contributed by atoms with Gasteiger partial charge in [-0.2, -0.15) is 5.26 Å². The van der Waals surface area contributed by atoms with Crippen molar-refractivity contribution in [2.75, 3.05) is 13.1 Å². The molecule has 1 aliphatic carbocycles. The Morgan fingerprint density at radius 2 is 1.67 bits per heavy atom. The maximum absolute atomic E-state index is 13.1. The zero-order valence-corrected chi connectivity index (χ0v) is 16.6. The zero-order valence-electron chi connectivity index (χ0n) is 16.6. The summed E-state index contributed by atoms with van der Waals surface area (Å²) in [5.41, 5.74) is 3.93. The Morgan fingerprint density at radius 3 is 2.22 bits per heavy atom. The summed E-state index contributed by atoms with van der Waals surface area (Å²) < 4.78 is 13.1. The third-order valence-electron chi connectivity index (χ3n) is 4.85. The Labute approximate surface area is 163 Å². The average molecular weight is 367 g/mol. The van der Waals surface area contributed by atoms with Crippen LogP contribution in [0.25, 0.3) is 0 Å². The molecular formula is C24H31FN2. The van der Waals surface area contributed by atoms with E-state index in [9.17, 15) is 4.39 Å². The molecule has 3 rings (SSSR count). The van der Waals surface area contributed by atoms with E-state index in [1.54, 1.807) is 6.07 Å². The minimum absolute atomic E-state index is 0.171. The third-order valence-corrected chi connectivity index (χ3v) is 4.85. The molecular weight excluding hydrogens is 335 g/mol. The van der Waals surface area contributed by atoms with Crippen LogP contribution in [0.2, 0.25) is 0 Å². The Hall–Kier alpha value is -2.18. The predicted molar refractivity (Wildman–Crippen MR) is 110 cm³/mol. The Bertz CT molecular complexity index is 691. The van der Waals surface area contributed by atoms with E-state index in [0.717, 1.165) is 26.1 Å². The summed E-state index contributed by atoms with van der Waals surface area (Å²) in [7, 11) is 0. The van der Waals surface area contributed by atoms with Crippen LogP contribution >= 0.6 is 0 Å². The number of hydrogen-bond donors (Lipinski definition) is 0. The van der Waals surface area contributed by atoms with Crippen molar-refractivity contribution < 1.29 is 4.39 Å². The van der Waals surface area contributed by atoms with Crippen molar-refractivity contribution in [1.29, 1.82) is 5.26 Å². The predicted octanol–water partition coefficient (Wildman–Crippen LogP) is 5.89. The summed E-state index contributed by atoms with van der Waals surface area (Å²) in [6, 6.07) is 21.1. The molecule has 1 aliphatic rings. The van der Waals surface area contributed by atoms with E-state index in [1.165, 1.54) is 36.5 Å². The molecule has 2 aromatic carbocycles. The van der Waals surface area contributed by atoms with Gasteiger partial charge in [-0.1, -0.05) is 61.5 Å². The summed E-state index contributed by atoms with van der Waals surface area (Å²) in [5, 5.41) is 7.32. The smallest absolute Gasteiger partial charge is 0.108 e. The maximum Gasteiger partial charge on any atom is 0.108 e. The lowest BCUT2D eigenvalue weighted by molar-refractivity contribution is 0.262.